The molecule has 18 heavy (non-hydrogen) atoms. The van der Waals surface area contributed by atoms with Gasteiger partial charge in [-0.1, -0.05) is 26.7 Å². The first kappa shape index (κ1) is 15.9. The second-order valence-electron chi connectivity index (χ2n) is 6.15. The van der Waals surface area contributed by atoms with E-state index in [1.54, 1.807) is 0 Å². The molecule has 1 aliphatic rings. The summed E-state index contributed by atoms with van der Waals surface area (Å²) < 4.78 is 0. The Morgan fingerprint density at radius 3 is 2.50 bits per heavy atom. The SMILES string of the molecule is CC(C)NCCCCCCN1CCN(C)C(C)C1. The van der Waals surface area contributed by atoms with Crippen LogP contribution < -0.4 is 5.32 Å². The fourth-order valence-electron chi connectivity index (χ4n) is 2.53. The van der Waals surface area contributed by atoms with Gasteiger partial charge in [-0.2, -0.15) is 0 Å². The lowest BCUT2D eigenvalue weighted by atomic mass is 10.1. The molecule has 0 aliphatic carbocycles. The van der Waals surface area contributed by atoms with E-state index in [0.717, 1.165) is 6.04 Å². The van der Waals surface area contributed by atoms with Gasteiger partial charge in [-0.3, -0.25) is 0 Å². The summed E-state index contributed by atoms with van der Waals surface area (Å²) in [5.74, 6) is 0. The molecule has 1 rings (SSSR count). The topological polar surface area (TPSA) is 18.5 Å². The van der Waals surface area contributed by atoms with Gasteiger partial charge in [0.05, 0.1) is 0 Å². The number of hydrogen-bond donors (Lipinski definition) is 1. The first-order valence-corrected chi connectivity index (χ1v) is 7.75. The van der Waals surface area contributed by atoms with Gasteiger partial charge in [0.15, 0.2) is 0 Å². The maximum absolute atomic E-state index is 3.48. The number of nitrogens with zero attached hydrogens (tertiary/aromatic N) is 2. The lowest BCUT2D eigenvalue weighted by Gasteiger charge is -2.37. The summed E-state index contributed by atoms with van der Waals surface area (Å²) in [6.07, 6.45) is 5.47. The largest absolute Gasteiger partial charge is 0.315 e. The zero-order valence-electron chi connectivity index (χ0n) is 12.9. The van der Waals surface area contributed by atoms with E-state index in [4.69, 9.17) is 0 Å². The van der Waals surface area contributed by atoms with E-state index in [1.165, 1.54) is 58.4 Å². The molecule has 1 unspecified atom stereocenters. The van der Waals surface area contributed by atoms with Crippen molar-refractivity contribution in [2.45, 2.75) is 58.5 Å². The first-order valence-electron chi connectivity index (χ1n) is 7.75. The third-order valence-corrected chi connectivity index (χ3v) is 4.00. The minimum absolute atomic E-state index is 0.636. The molecule has 1 N–H and O–H groups in total. The van der Waals surface area contributed by atoms with E-state index in [1.807, 2.05) is 0 Å². The van der Waals surface area contributed by atoms with Crippen LogP contribution in [0.4, 0.5) is 0 Å². The van der Waals surface area contributed by atoms with Crippen molar-refractivity contribution < 1.29 is 0 Å². The van der Waals surface area contributed by atoms with Crippen LogP contribution in [-0.2, 0) is 0 Å². The average molecular weight is 255 g/mol. The van der Waals surface area contributed by atoms with Crippen molar-refractivity contribution in [2.75, 3.05) is 39.8 Å². The molecule has 3 nitrogen and oxygen atoms in total. The number of piperazine rings is 1. The molecule has 0 aromatic heterocycles. The molecular weight excluding hydrogens is 222 g/mol. The highest BCUT2D eigenvalue weighted by Crippen LogP contribution is 2.09. The van der Waals surface area contributed by atoms with Gasteiger partial charge in [0.25, 0.3) is 0 Å². The molecule has 3 heteroatoms. The summed E-state index contributed by atoms with van der Waals surface area (Å²) in [5.41, 5.74) is 0. The van der Waals surface area contributed by atoms with Crippen LogP contribution in [0.3, 0.4) is 0 Å². The van der Waals surface area contributed by atoms with Crippen LogP contribution in [0.2, 0.25) is 0 Å². The molecule has 1 fully saturated rings. The van der Waals surface area contributed by atoms with Gasteiger partial charge < -0.3 is 15.1 Å². The predicted molar refractivity (Wildman–Crippen MR) is 80.1 cm³/mol. The van der Waals surface area contributed by atoms with Gasteiger partial charge >= 0.3 is 0 Å². The fourth-order valence-corrected chi connectivity index (χ4v) is 2.53. The van der Waals surface area contributed by atoms with Crippen LogP contribution in [0.15, 0.2) is 0 Å². The Labute approximate surface area is 114 Å². The van der Waals surface area contributed by atoms with Crippen LogP contribution in [0.5, 0.6) is 0 Å². The normalized spacial score (nSPS) is 22.8. The highest BCUT2D eigenvalue weighted by atomic mass is 15.3. The van der Waals surface area contributed by atoms with E-state index in [9.17, 15) is 0 Å². The van der Waals surface area contributed by atoms with Crippen LogP contribution in [0, 0.1) is 0 Å². The highest BCUT2D eigenvalue weighted by Gasteiger charge is 2.19. The molecule has 0 spiro atoms. The lowest BCUT2D eigenvalue weighted by Crippen LogP contribution is -2.50. The highest BCUT2D eigenvalue weighted by molar-refractivity contribution is 4.76. The zero-order valence-corrected chi connectivity index (χ0v) is 12.9. The number of rotatable bonds is 8. The van der Waals surface area contributed by atoms with E-state index < -0.39 is 0 Å². The molecule has 0 radical (unpaired) electrons. The van der Waals surface area contributed by atoms with Crippen molar-refractivity contribution in [3.8, 4) is 0 Å². The maximum atomic E-state index is 3.48. The van der Waals surface area contributed by atoms with E-state index >= 15 is 0 Å². The van der Waals surface area contributed by atoms with Gasteiger partial charge in [0.1, 0.15) is 0 Å². The van der Waals surface area contributed by atoms with Crippen molar-refractivity contribution >= 4 is 0 Å². The number of likely N-dealkylation sites (N-methyl/N-ethyl adjacent to an activating group) is 1. The van der Waals surface area contributed by atoms with Gasteiger partial charge in [-0.05, 0) is 39.9 Å². The van der Waals surface area contributed by atoms with Crippen molar-refractivity contribution in [1.82, 2.24) is 15.1 Å². The molecule has 1 saturated heterocycles. The third-order valence-electron chi connectivity index (χ3n) is 4.00. The van der Waals surface area contributed by atoms with Gasteiger partial charge in [0, 0.05) is 31.7 Å². The van der Waals surface area contributed by atoms with Crippen LogP contribution in [0.1, 0.15) is 46.5 Å². The average Bonchev–Trinajstić information content (AvgIpc) is 2.32. The fraction of sp³-hybridized carbons (Fsp3) is 1.00. The molecule has 0 bridgehead atoms. The Hall–Kier alpha value is -0.120. The quantitative estimate of drug-likeness (QED) is 0.671. The second-order valence-corrected chi connectivity index (χ2v) is 6.15. The van der Waals surface area contributed by atoms with E-state index in [0.29, 0.717) is 6.04 Å². The van der Waals surface area contributed by atoms with E-state index in [-0.39, 0.29) is 0 Å². The number of hydrogen-bond acceptors (Lipinski definition) is 3. The second kappa shape index (κ2) is 8.89. The summed E-state index contributed by atoms with van der Waals surface area (Å²) in [6, 6.07) is 1.37. The maximum Gasteiger partial charge on any atom is 0.0192 e. The molecule has 0 amide bonds. The summed E-state index contributed by atoms with van der Waals surface area (Å²) in [5, 5.41) is 3.48. The summed E-state index contributed by atoms with van der Waals surface area (Å²) in [7, 11) is 2.24. The third kappa shape index (κ3) is 6.72. The Balaban J connectivity index is 1.92. The molecule has 108 valence electrons. The molecule has 0 aromatic rings. The smallest absolute Gasteiger partial charge is 0.0192 e. The molecule has 0 saturated carbocycles. The number of nitrogens with one attached hydrogen (secondary N) is 1. The summed E-state index contributed by atoms with van der Waals surface area (Å²) in [6.45, 7) is 13.0. The molecule has 1 aliphatic heterocycles. The monoisotopic (exact) mass is 255 g/mol. The minimum Gasteiger partial charge on any atom is -0.315 e. The van der Waals surface area contributed by atoms with Crippen molar-refractivity contribution in [2.24, 2.45) is 0 Å². The molecular formula is C15H33N3. The summed E-state index contributed by atoms with van der Waals surface area (Å²) >= 11 is 0. The number of unbranched alkanes of at least 4 members (excludes halogenated alkanes) is 3. The Bertz CT molecular complexity index is 206. The Morgan fingerprint density at radius 2 is 1.83 bits per heavy atom. The minimum atomic E-state index is 0.636. The van der Waals surface area contributed by atoms with Gasteiger partial charge in [-0.15, -0.1) is 0 Å². The standard InChI is InChI=1S/C15H33N3/c1-14(2)16-9-7-5-6-8-10-18-12-11-17(4)15(3)13-18/h14-16H,5-13H2,1-4H3. The molecule has 1 heterocycles. The Morgan fingerprint density at radius 1 is 1.11 bits per heavy atom. The van der Waals surface area contributed by atoms with Crippen molar-refractivity contribution in [3.05, 3.63) is 0 Å². The first-order chi connectivity index (χ1) is 8.59. The zero-order chi connectivity index (χ0) is 13.4. The predicted octanol–water partition coefficient (Wildman–Crippen LogP) is 2.18. The molecule has 0 aromatic carbocycles. The van der Waals surface area contributed by atoms with Crippen LogP contribution >= 0.6 is 0 Å². The molecule has 1 atom stereocenters. The van der Waals surface area contributed by atoms with Gasteiger partial charge in [-0.25, -0.2) is 0 Å². The van der Waals surface area contributed by atoms with E-state index in [2.05, 4.69) is 42.9 Å². The Kier molecular flexibility index (Phi) is 7.87. The van der Waals surface area contributed by atoms with Gasteiger partial charge in [0.2, 0.25) is 0 Å². The van der Waals surface area contributed by atoms with Crippen molar-refractivity contribution in [3.63, 3.8) is 0 Å². The van der Waals surface area contributed by atoms with Crippen LogP contribution in [-0.4, -0.2) is 61.7 Å². The summed E-state index contributed by atoms with van der Waals surface area (Å²) in [4.78, 5) is 5.10. The van der Waals surface area contributed by atoms with Crippen molar-refractivity contribution in [1.29, 1.82) is 0 Å². The lowest BCUT2D eigenvalue weighted by molar-refractivity contribution is 0.104. The van der Waals surface area contributed by atoms with Crippen LogP contribution in [0.25, 0.3) is 0 Å².